The molecule has 1 fully saturated rings. The summed E-state index contributed by atoms with van der Waals surface area (Å²) in [6.07, 6.45) is 0. The summed E-state index contributed by atoms with van der Waals surface area (Å²) in [6.45, 7) is 9.10. The number of carbonyl (C=O) groups is 1. The van der Waals surface area contributed by atoms with E-state index in [1.54, 1.807) is 0 Å². The maximum absolute atomic E-state index is 13.1. The Morgan fingerprint density at radius 2 is 1.81 bits per heavy atom. The van der Waals surface area contributed by atoms with Gasteiger partial charge in [-0.1, -0.05) is 30.3 Å². The molecule has 7 heteroatoms. The van der Waals surface area contributed by atoms with Gasteiger partial charge in [0, 0.05) is 55.9 Å². The van der Waals surface area contributed by atoms with Gasteiger partial charge in [0.2, 0.25) is 0 Å². The van der Waals surface area contributed by atoms with Gasteiger partial charge < -0.3 is 19.3 Å². The fourth-order valence-electron chi connectivity index (χ4n) is 4.47. The average molecular weight is 500 g/mol. The largest absolute Gasteiger partial charge is 0.506 e. The van der Waals surface area contributed by atoms with Crippen LogP contribution in [-0.2, 0) is 17.8 Å². The average Bonchev–Trinajstić information content (AvgIpc) is 3.05. The lowest BCUT2D eigenvalue weighted by Gasteiger charge is -2.32. The molecule has 0 radical (unpaired) electrons. The van der Waals surface area contributed by atoms with Gasteiger partial charge in [-0.05, 0) is 48.5 Å². The number of esters is 1. The molecule has 170 valence electrons. The summed E-state index contributed by atoms with van der Waals surface area (Å²) >= 11 is 3.56. The number of ether oxygens (including phenoxy) is 1. The molecular formula is C25H30BrN3O3. The number of aromatic hydroxyl groups is 1. The maximum Gasteiger partial charge on any atom is 0.340 e. The van der Waals surface area contributed by atoms with Crippen molar-refractivity contribution in [3.8, 4) is 5.75 Å². The van der Waals surface area contributed by atoms with Crippen LogP contribution in [0.4, 0.5) is 0 Å². The summed E-state index contributed by atoms with van der Waals surface area (Å²) in [7, 11) is 2.12. The normalized spacial score (nSPS) is 15.4. The zero-order chi connectivity index (χ0) is 22.8. The highest BCUT2D eigenvalue weighted by Gasteiger charge is 2.28. The SMILES string of the molecule is CCOC(=O)c1c(C)n(Cc2ccccc2)c2cc(Br)c(O)c(CN3CCN(C)CC3)c12. The van der Waals surface area contributed by atoms with Crippen LogP contribution in [0.15, 0.2) is 40.9 Å². The number of halogens is 1. The molecule has 0 unspecified atom stereocenters. The number of phenolic OH excluding ortho intramolecular Hbond substituents is 1. The van der Waals surface area contributed by atoms with Crippen LogP contribution in [0.3, 0.4) is 0 Å². The van der Waals surface area contributed by atoms with E-state index in [0.29, 0.717) is 29.7 Å². The Balaban J connectivity index is 1.89. The van der Waals surface area contributed by atoms with Crippen LogP contribution in [0, 0.1) is 6.92 Å². The Kier molecular flexibility index (Phi) is 6.88. The molecule has 0 saturated carbocycles. The van der Waals surface area contributed by atoms with Gasteiger partial charge in [-0.3, -0.25) is 4.90 Å². The van der Waals surface area contributed by atoms with Crippen LogP contribution in [0.5, 0.6) is 5.75 Å². The Bertz CT molecular complexity index is 1120. The van der Waals surface area contributed by atoms with Crippen LogP contribution in [0.25, 0.3) is 10.9 Å². The molecule has 0 atom stereocenters. The molecule has 0 spiro atoms. The molecule has 0 bridgehead atoms. The van der Waals surface area contributed by atoms with E-state index in [2.05, 4.69) is 49.5 Å². The zero-order valence-electron chi connectivity index (χ0n) is 18.9. The summed E-state index contributed by atoms with van der Waals surface area (Å²) < 4.78 is 8.23. The van der Waals surface area contributed by atoms with Gasteiger partial charge in [-0.15, -0.1) is 0 Å². The number of carbonyl (C=O) groups excluding carboxylic acids is 1. The Morgan fingerprint density at radius 3 is 2.47 bits per heavy atom. The summed E-state index contributed by atoms with van der Waals surface area (Å²) in [5.41, 5.74) is 4.23. The van der Waals surface area contributed by atoms with Gasteiger partial charge in [0.1, 0.15) is 5.75 Å². The van der Waals surface area contributed by atoms with Gasteiger partial charge in [-0.2, -0.15) is 0 Å². The monoisotopic (exact) mass is 499 g/mol. The molecular weight excluding hydrogens is 470 g/mol. The summed E-state index contributed by atoms with van der Waals surface area (Å²) in [4.78, 5) is 17.7. The van der Waals surface area contributed by atoms with E-state index in [-0.39, 0.29) is 11.7 Å². The fourth-order valence-corrected chi connectivity index (χ4v) is 4.93. The fraction of sp³-hybridized carbons (Fsp3) is 0.400. The van der Waals surface area contributed by atoms with Crippen molar-refractivity contribution in [3.05, 3.63) is 63.3 Å². The second kappa shape index (κ2) is 9.65. The highest BCUT2D eigenvalue weighted by molar-refractivity contribution is 9.10. The number of hydrogen-bond acceptors (Lipinski definition) is 5. The molecule has 1 saturated heterocycles. The summed E-state index contributed by atoms with van der Waals surface area (Å²) in [5.74, 6) is -0.151. The number of fused-ring (bicyclic) bond motifs is 1. The van der Waals surface area contributed by atoms with Gasteiger partial charge in [0.15, 0.2) is 0 Å². The number of rotatable bonds is 6. The lowest BCUT2D eigenvalue weighted by atomic mass is 10.0. The second-order valence-electron chi connectivity index (χ2n) is 8.41. The van der Waals surface area contributed by atoms with E-state index < -0.39 is 0 Å². The molecule has 1 aliphatic rings. The number of likely N-dealkylation sites (N-methyl/N-ethyl adjacent to an activating group) is 1. The minimum absolute atomic E-state index is 0.193. The molecule has 2 aromatic carbocycles. The van der Waals surface area contributed by atoms with Gasteiger partial charge in [0.25, 0.3) is 0 Å². The predicted octanol–water partition coefficient (Wildman–Crippen LogP) is 4.39. The van der Waals surface area contributed by atoms with Gasteiger partial charge in [-0.25, -0.2) is 4.79 Å². The molecule has 6 nitrogen and oxygen atoms in total. The van der Waals surface area contributed by atoms with Gasteiger partial charge in [0.05, 0.1) is 22.2 Å². The molecule has 1 aromatic heterocycles. The van der Waals surface area contributed by atoms with Crippen LogP contribution >= 0.6 is 15.9 Å². The number of benzene rings is 2. The molecule has 32 heavy (non-hydrogen) atoms. The van der Waals surface area contributed by atoms with Crippen molar-refractivity contribution in [2.45, 2.75) is 26.9 Å². The lowest BCUT2D eigenvalue weighted by Crippen LogP contribution is -2.43. The van der Waals surface area contributed by atoms with Crippen molar-refractivity contribution in [1.82, 2.24) is 14.4 Å². The number of nitrogens with zero attached hydrogens (tertiary/aromatic N) is 3. The van der Waals surface area contributed by atoms with Crippen molar-refractivity contribution in [1.29, 1.82) is 0 Å². The quantitative estimate of drug-likeness (QED) is 0.509. The zero-order valence-corrected chi connectivity index (χ0v) is 20.5. The van der Waals surface area contributed by atoms with E-state index in [9.17, 15) is 9.90 Å². The Labute approximate surface area is 197 Å². The highest BCUT2D eigenvalue weighted by atomic mass is 79.9. The molecule has 3 aromatic rings. The molecule has 1 N–H and O–H groups in total. The first kappa shape index (κ1) is 22.8. The van der Waals surface area contributed by atoms with Crippen molar-refractivity contribution < 1.29 is 14.6 Å². The van der Waals surface area contributed by atoms with Crippen LogP contribution in [-0.4, -0.2) is 65.3 Å². The predicted molar refractivity (Wildman–Crippen MR) is 130 cm³/mol. The third-order valence-electron chi connectivity index (χ3n) is 6.28. The molecule has 4 rings (SSSR count). The third-order valence-corrected chi connectivity index (χ3v) is 6.89. The number of phenols is 1. The first-order chi connectivity index (χ1) is 15.4. The molecule has 0 amide bonds. The minimum Gasteiger partial charge on any atom is -0.506 e. The standard InChI is InChI=1S/C25H30BrN3O3/c1-4-32-25(31)22-17(2)29(15-18-8-6-5-7-9-18)21-14-20(26)24(30)19(23(21)22)16-28-12-10-27(3)11-13-28/h5-9,14,30H,4,10-13,15-16H2,1-3H3. The van der Waals surface area contributed by atoms with Crippen molar-refractivity contribution in [2.75, 3.05) is 39.8 Å². The van der Waals surface area contributed by atoms with Crippen molar-refractivity contribution in [3.63, 3.8) is 0 Å². The highest BCUT2D eigenvalue weighted by Crippen LogP contribution is 2.40. The first-order valence-electron chi connectivity index (χ1n) is 11.1. The maximum atomic E-state index is 13.1. The summed E-state index contributed by atoms with van der Waals surface area (Å²) in [6, 6.07) is 12.1. The van der Waals surface area contributed by atoms with Crippen molar-refractivity contribution >= 4 is 32.8 Å². The summed E-state index contributed by atoms with van der Waals surface area (Å²) in [5, 5.41) is 11.8. The molecule has 0 aliphatic carbocycles. The first-order valence-corrected chi connectivity index (χ1v) is 11.8. The molecule has 1 aliphatic heterocycles. The number of piperazine rings is 1. The third kappa shape index (κ3) is 4.42. The topological polar surface area (TPSA) is 57.9 Å². The lowest BCUT2D eigenvalue weighted by molar-refractivity contribution is 0.0527. The van der Waals surface area contributed by atoms with E-state index in [1.165, 1.54) is 0 Å². The van der Waals surface area contributed by atoms with Crippen LogP contribution < -0.4 is 0 Å². The number of aromatic nitrogens is 1. The van der Waals surface area contributed by atoms with E-state index >= 15 is 0 Å². The Hall–Kier alpha value is -2.35. The van der Waals surface area contributed by atoms with E-state index in [1.807, 2.05) is 38.1 Å². The van der Waals surface area contributed by atoms with E-state index in [0.717, 1.165) is 53.9 Å². The Morgan fingerprint density at radius 1 is 1.12 bits per heavy atom. The minimum atomic E-state index is -0.344. The smallest absolute Gasteiger partial charge is 0.340 e. The van der Waals surface area contributed by atoms with E-state index in [4.69, 9.17) is 4.74 Å². The second-order valence-corrected chi connectivity index (χ2v) is 9.27. The van der Waals surface area contributed by atoms with Crippen molar-refractivity contribution in [2.24, 2.45) is 0 Å². The molecule has 2 heterocycles. The van der Waals surface area contributed by atoms with Crippen LogP contribution in [0.1, 0.15) is 34.1 Å². The van der Waals surface area contributed by atoms with Gasteiger partial charge >= 0.3 is 5.97 Å². The van der Waals surface area contributed by atoms with Crippen LogP contribution in [0.2, 0.25) is 0 Å². The number of hydrogen-bond donors (Lipinski definition) is 1.